The summed E-state index contributed by atoms with van der Waals surface area (Å²) in [5.41, 5.74) is 8.46. The van der Waals surface area contributed by atoms with Crippen LogP contribution in [0.1, 0.15) is 35.0 Å². The van der Waals surface area contributed by atoms with Gasteiger partial charge in [-0.15, -0.1) is 0 Å². The first-order valence-electron chi connectivity index (χ1n) is 8.06. The Morgan fingerprint density at radius 2 is 2.17 bits per heavy atom. The zero-order valence-corrected chi connectivity index (χ0v) is 13.2. The maximum Gasteiger partial charge on any atom is 0.252 e. The fraction of sp³-hybridized carbons (Fsp3) is 0.278. The first kappa shape index (κ1) is 14.7. The van der Waals surface area contributed by atoms with E-state index in [9.17, 15) is 4.79 Å². The summed E-state index contributed by atoms with van der Waals surface area (Å²) in [4.78, 5) is 22.5. The second-order valence-corrected chi connectivity index (χ2v) is 6.06. The van der Waals surface area contributed by atoms with Gasteiger partial charge in [0, 0.05) is 25.5 Å². The van der Waals surface area contributed by atoms with Gasteiger partial charge in [-0.3, -0.25) is 9.78 Å². The molecule has 1 atom stereocenters. The van der Waals surface area contributed by atoms with Gasteiger partial charge in [-0.1, -0.05) is 12.1 Å². The molecule has 1 aliphatic heterocycles. The van der Waals surface area contributed by atoms with Gasteiger partial charge in [-0.25, -0.2) is 4.98 Å². The number of nitrogens with zero attached hydrogens (tertiary/aromatic N) is 3. The zero-order valence-electron chi connectivity index (χ0n) is 13.2. The average molecular weight is 322 g/mol. The number of fused-ring (bicyclic) bond motifs is 1. The van der Waals surface area contributed by atoms with Crippen LogP contribution in [0.15, 0.2) is 47.1 Å². The minimum Gasteiger partial charge on any atom is -0.440 e. The topological polar surface area (TPSA) is 85.3 Å². The Morgan fingerprint density at radius 1 is 1.29 bits per heavy atom. The molecule has 3 aromatic rings. The molecule has 0 bridgehead atoms. The van der Waals surface area contributed by atoms with Crippen molar-refractivity contribution in [2.24, 2.45) is 5.73 Å². The Hall–Kier alpha value is -2.89. The molecule has 1 fully saturated rings. The summed E-state index contributed by atoms with van der Waals surface area (Å²) < 4.78 is 5.93. The smallest absolute Gasteiger partial charge is 0.252 e. The van der Waals surface area contributed by atoms with E-state index < -0.39 is 5.91 Å². The van der Waals surface area contributed by atoms with Crippen molar-refractivity contribution in [3.8, 4) is 0 Å². The molecule has 1 unspecified atom stereocenters. The van der Waals surface area contributed by atoms with E-state index in [0.29, 0.717) is 5.56 Å². The summed E-state index contributed by atoms with van der Waals surface area (Å²) >= 11 is 0. The van der Waals surface area contributed by atoms with Gasteiger partial charge in [0.25, 0.3) is 5.91 Å². The summed E-state index contributed by atoms with van der Waals surface area (Å²) in [6.07, 6.45) is 5.23. The lowest BCUT2D eigenvalue weighted by molar-refractivity contribution is 0.100. The second kappa shape index (κ2) is 5.96. The molecule has 3 heterocycles. The standard InChI is InChI=1S/C18H18N4O2/c19-17(23)13-10-20-8-7-15(13)22-9-3-4-12(11-22)18-21-14-5-1-2-6-16(14)24-18/h1-2,5-8,10,12H,3-4,9,11H2,(H2,19,23). The number of pyridine rings is 1. The van der Waals surface area contributed by atoms with E-state index in [2.05, 4.69) is 14.9 Å². The number of rotatable bonds is 3. The van der Waals surface area contributed by atoms with Crippen LogP contribution in [0.25, 0.3) is 11.1 Å². The number of carbonyl (C=O) groups excluding carboxylic acids is 1. The number of hydrogen-bond donors (Lipinski definition) is 1. The summed E-state index contributed by atoms with van der Waals surface area (Å²) in [6.45, 7) is 1.62. The number of benzene rings is 1. The average Bonchev–Trinajstić information content (AvgIpc) is 3.06. The van der Waals surface area contributed by atoms with Crippen molar-refractivity contribution in [2.75, 3.05) is 18.0 Å². The van der Waals surface area contributed by atoms with Crippen LogP contribution in [0, 0.1) is 0 Å². The lowest BCUT2D eigenvalue weighted by Crippen LogP contribution is -2.36. The van der Waals surface area contributed by atoms with Crippen molar-refractivity contribution >= 4 is 22.7 Å². The summed E-state index contributed by atoms with van der Waals surface area (Å²) in [6, 6.07) is 9.63. The van der Waals surface area contributed by atoms with Crippen molar-refractivity contribution in [1.29, 1.82) is 0 Å². The number of amides is 1. The summed E-state index contributed by atoms with van der Waals surface area (Å²) in [7, 11) is 0. The molecule has 2 N–H and O–H groups in total. The van der Waals surface area contributed by atoms with Gasteiger partial charge in [-0.2, -0.15) is 0 Å². The van der Waals surface area contributed by atoms with Crippen LogP contribution in [0.3, 0.4) is 0 Å². The van der Waals surface area contributed by atoms with Crippen molar-refractivity contribution in [3.63, 3.8) is 0 Å². The summed E-state index contributed by atoms with van der Waals surface area (Å²) in [5.74, 6) is 0.498. The van der Waals surface area contributed by atoms with Gasteiger partial charge in [0.2, 0.25) is 0 Å². The third-order valence-electron chi connectivity index (χ3n) is 4.49. The number of oxazole rings is 1. The van der Waals surface area contributed by atoms with E-state index in [4.69, 9.17) is 10.2 Å². The fourth-order valence-electron chi connectivity index (χ4n) is 3.31. The highest BCUT2D eigenvalue weighted by atomic mass is 16.3. The molecule has 1 amide bonds. The second-order valence-electron chi connectivity index (χ2n) is 6.06. The van der Waals surface area contributed by atoms with Crippen LogP contribution in [0.2, 0.25) is 0 Å². The first-order valence-corrected chi connectivity index (χ1v) is 8.06. The number of aromatic nitrogens is 2. The molecule has 2 aromatic heterocycles. The molecule has 122 valence electrons. The molecule has 0 spiro atoms. The van der Waals surface area contributed by atoms with Gasteiger partial charge >= 0.3 is 0 Å². The molecule has 0 aliphatic carbocycles. The lowest BCUT2D eigenvalue weighted by Gasteiger charge is -2.33. The Kier molecular flexibility index (Phi) is 3.65. The lowest BCUT2D eigenvalue weighted by atomic mass is 9.97. The van der Waals surface area contributed by atoms with Crippen LogP contribution in [0.5, 0.6) is 0 Å². The fourth-order valence-corrected chi connectivity index (χ4v) is 3.31. The van der Waals surface area contributed by atoms with Crippen LogP contribution >= 0.6 is 0 Å². The highest BCUT2D eigenvalue weighted by Gasteiger charge is 2.27. The molecule has 0 saturated carbocycles. The van der Waals surface area contributed by atoms with Gasteiger partial charge < -0.3 is 15.1 Å². The van der Waals surface area contributed by atoms with E-state index in [1.165, 1.54) is 6.20 Å². The molecule has 24 heavy (non-hydrogen) atoms. The van der Waals surface area contributed by atoms with E-state index >= 15 is 0 Å². The maximum atomic E-state index is 11.7. The van der Waals surface area contributed by atoms with Gasteiger partial charge in [0.05, 0.1) is 17.2 Å². The van der Waals surface area contributed by atoms with Crippen LogP contribution < -0.4 is 10.6 Å². The maximum absolute atomic E-state index is 11.7. The first-order chi connectivity index (χ1) is 11.7. The molecule has 4 rings (SSSR count). The number of primary amides is 1. The number of anilines is 1. The van der Waals surface area contributed by atoms with Crippen molar-refractivity contribution < 1.29 is 9.21 Å². The normalized spacial score (nSPS) is 18.0. The number of nitrogens with two attached hydrogens (primary N) is 1. The zero-order chi connectivity index (χ0) is 16.5. The van der Waals surface area contributed by atoms with Gasteiger partial charge in [-0.05, 0) is 31.0 Å². The molecular formula is C18H18N4O2. The molecule has 1 aliphatic rings. The number of para-hydroxylation sites is 2. The Labute approximate surface area is 139 Å². The van der Waals surface area contributed by atoms with Crippen molar-refractivity contribution in [2.45, 2.75) is 18.8 Å². The van der Waals surface area contributed by atoms with Gasteiger partial charge in [0.1, 0.15) is 5.52 Å². The van der Waals surface area contributed by atoms with Crippen molar-refractivity contribution in [3.05, 3.63) is 54.2 Å². The molecule has 6 nitrogen and oxygen atoms in total. The third kappa shape index (κ3) is 2.60. The minimum atomic E-state index is -0.456. The Morgan fingerprint density at radius 3 is 3.00 bits per heavy atom. The monoisotopic (exact) mass is 322 g/mol. The quantitative estimate of drug-likeness (QED) is 0.801. The molecule has 1 aromatic carbocycles. The minimum absolute atomic E-state index is 0.194. The third-order valence-corrected chi connectivity index (χ3v) is 4.49. The van der Waals surface area contributed by atoms with E-state index in [0.717, 1.165) is 48.6 Å². The highest BCUT2D eigenvalue weighted by Crippen LogP contribution is 2.32. The van der Waals surface area contributed by atoms with Crippen LogP contribution in [0.4, 0.5) is 5.69 Å². The molecule has 0 radical (unpaired) electrons. The molecule has 6 heteroatoms. The number of carbonyl (C=O) groups is 1. The van der Waals surface area contributed by atoms with Gasteiger partial charge in [0.15, 0.2) is 11.5 Å². The SMILES string of the molecule is NC(=O)c1cnccc1N1CCCC(c2nc3ccccc3o2)C1. The number of hydrogen-bond acceptors (Lipinski definition) is 5. The van der Waals surface area contributed by atoms with E-state index in [1.807, 2.05) is 30.3 Å². The predicted octanol–water partition coefficient (Wildman–Crippen LogP) is 2.71. The number of piperidine rings is 1. The molecular weight excluding hydrogens is 304 g/mol. The largest absolute Gasteiger partial charge is 0.440 e. The van der Waals surface area contributed by atoms with E-state index in [-0.39, 0.29) is 5.92 Å². The molecule has 1 saturated heterocycles. The van der Waals surface area contributed by atoms with E-state index in [1.54, 1.807) is 6.20 Å². The van der Waals surface area contributed by atoms with Crippen LogP contribution in [-0.2, 0) is 0 Å². The highest BCUT2D eigenvalue weighted by molar-refractivity contribution is 5.98. The summed E-state index contributed by atoms with van der Waals surface area (Å²) in [5, 5.41) is 0. The Bertz CT molecular complexity index is 856. The van der Waals surface area contributed by atoms with Crippen LogP contribution in [-0.4, -0.2) is 29.0 Å². The Balaban J connectivity index is 1.63. The predicted molar refractivity (Wildman–Crippen MR) is 91.0 cm³/mol. The van der Waals surface area contributed by atoms with Crippen molar-refractivity contribution in [1.82, 2.24) is 9.97 Å².